The molecule has 1 amide bonds. The highest BCUT2D eigenvalue weighted by Gasteiger charge is 2.19. The molecule has 1 unspecified atom stereocenters. The first-order chi connectivity index (χ1) is 15.5. The molecular weight excluding hydrogens is 422 g/mol. The molecule has 6 heteroatoms. The van der Waals surface area contributed by atoms with Crippen LogP contribution in [0.2, 0.25) is 5.02 Å². The number of halogens is 1. The summed E-state index contributed by atoms with van der Waals surface area (Å²) in [4.78, 5) is 14.8. The van der Waals surface area contributed by atoms with E-state index in [1.54, 1.807) is 12.1 Å². The molecule has 3 aromatic rings. The quantitative estimate of drug-likeness (QED) is 0.450. The summed E-state index contributed by atoms with van der Waals surface area (Å²) >= 11 is 5.94. The number of carbonyl (C=O) groups is 1. The molecule has 4 rings (SSSR count). The van der Waals surface area contributed by atoms with Crippen LogP contribution in [0.4, 0.5) is 10.5 Å². The normalized spacial score (nSPS) is 14.8. The van der Waals surface area contributed by atoms with Crippen LogP contribution in [0.1, 0.15) is 36.9 Å². The fourth-order valence-corrected chi connectivity index (χ4v) is 4.15. The highest BCUT2D eigenvalue weighted by molar-refractivity contribution is 6.30. The zero-order valence-electron chi connectivity index (χ0n) is 18.2. The third-order valence-electron chi connectivity index (χ3n) is 5.98. The zero-order chi connectivity index (χ0) is 22.5. The second-order valence-corrected chi connectivity index (χ2v) is 8.60. The van der Waals surface area contributed by atoms with Gasteiger partial charge in [0.2, 0.25) is 0 Å². The van der Waals surface area contributed by atoms with Crippen molar-refractivity contribution in [2.24, 2.45) is 0 Å². The molecule has 1 saturated heterocycles. The van der Waals surface area contributed by atoms with Gasteiger partial charge in [-0.25, -0.2) is 4.79 Å². The maximum atomic E-state index is 12.3. The topological polar surface area (TPSA) is 67.6 Å². The summed E-state index contributed by atoms with van der Waals surface area (Å²) in [5.41, 5.74) is 10.7. The lowest BCUT2D eigenvalue weighted by molar-refractivity contribution is 0.200. The molecule has 0 saturated carbocycles. The van der Waals surface area contributed by atoms with Crippen molar-refractivity contribution < 1.29 is 9.53 Å². The smallest absolute Gasteiger partial charge is 0.408 e. The van der Waals surface area contributed by atoms with Gasteiger partial charge in [0.1, 0.15) is 0 Å². The Balaban J connectivity index is 1.31. The second-order valence-electron chi connectivity index (χ2n) is 8.16. The summed E-state index contributed by atoms with van der Waals surface area (Å²) in [6.07, 6.45) is 2.02. The summed E-state index contributed by atoms with van der Waals surface area (Å²) in [6, 6.07) is 21.6. The Kier molecular flexibility index (Phi) is 6.98. The molecule has 0 radical (unpaired) electrons. The van der Waals surface area contributed by atoms with E-state index in [9.17, 15) is 4.79 Å². The number of likely N-dealkylation sites (tertiary alicyclic amines) is 1. The van der Waals surface area contributed by atoms with Crippen LogP contribution in [0.25, 0.3) is 11.1 Å². The molecule has 0 aromatic heterocycles. The number of ether oxygens (including phenoxy) is 1. The number of benzene rings is 3. The molecule has 1 aliphatic rings. The molecule has 1 fully saturated rings. The lowest BCUT2D eigenvalue weighted by Gasteiger charge is -2.24. The van der Waals surface area contributed by atoms with Crippen LogP contribution in [0.5, 0.6) is 5.75 Å². The van der Waals surface area contributed by atoms with E-state index in [2.05, 4.69) is 41.4 Å². The van der Waals surface area contributed by atoms with Crippen LogP contribution >= 0.6 is 11.6 Å². The Labute approximate surface area is 194 Å². The van der Waals surface area contributed by atoms with Gasteiger partial charge < -0.3 is 15.8 Å². The van der Waals surface area contributed by atoms with Gasteiger partial charge in [-0.05, 0) is 79.4 Å². The van der Waals surface area contributed by atoms with Crippen LogP contribution < -0.4 is 15.8 Å². The SMILES string of the molecule is CC(c1ccc(CNC(=O)Oc2ccc(-c3ccc(Cl)cc3)cc2N)cc1)N1CCCC1. The molecule has 3 aromatic carbocycles. The lowest BCUT2D eigenvalue weighted by atomic mass is 10.0. The Morgan fingerprint density at radius 1 is 1.03 bits per heavy atom. The summed E-state index contributed by atoms with van der Waals surface area (Å²) in [7, 11) is 0. The predicted octanol–water partition coefficient (Wildman–Crippen LogP) is 6.03. The highest BCUT2D eigenvalue weighted by Crippen LogP contribution is 2.29. The number of carbonyl (C=O) groups excluding carboxylic acids is 1. The van der Waals surface area contributed by atoms with E-state index in [0.717, 1.165) is 16.7 Å². The maximum Gasteiger partial charge on any atom is 0.412 e. The van der Waals surface area contributed by atoms with Crippen LogP contribution in [-0.2, 0) is 6.54 Å². The van der Waals surface area contributed by atoms with Crippen molar-refractivity contribution in [3.05, 3.63) is 82.9 Å². The Hall–Kier alpha value is -3.02. The number of amides is 1. The first kappa shape index (κ1) is 22.2. The zero-order valence-corrected chi connectivity index (χ0v) is 18.9. The molecule has 3 N–H and O–H groups in total. The van der Waals surface area contributed by atoms with Gasteiger partial charge in [-0.15, -0.1) is 0 Å². The number of nitrogens with zero attached hydrogens (tertiary/aromatic N) is 1. The van der Waals surface area contributed by atoms with E-state index in [1.165, 1.54) is 31.5 Å². The molecule has 0 aliphatic carbocycles. The van der Waals surface area contributed by atoms with Crippen molar-refractivity contribution in [3.8, 4) is 16.9 Å². The summed E-state index contributed by atoms with van der Waals surface area (Å²) in [5, 5.41) is 3.46. The molecule has 1 aliphatic heterocycles. The van der Waals surface area contributed by atoms with Crippen molar-refractivity contribution in [2.45, 2.75) is 32.4 Å². The molecule has 5 nitrogen and oxygen atoms in total. The van der Waals surface area contributed by atoms with Crippen LogP contribution in [0.15, 0.2) is 66.7 Å². The fourth-order valence-electron chi connectivity index (χ4n) is 4.03. The van der Waals surface area contributed by atoms with Crippen LogP contribution in [0.3, 0.4) is 0 Å². The lowest BCUT2D eigenvalue weighted by Crippen LogP contribution is -2.26. The monoisotopic (exact) mass is 449 g/mol. The van der Waals surface area contributed by atoms with Gasteiger partial charge in [-0.2, -0.15) is 0 Å². The third kappa shape index (κ3) is 5.42. The third-order valence-corrected chi connectivity index (χ3v) is 6.23. The molecule has 166 valence electrons. The van der Waals surface area contributed by atoms with Crippen LogP contribution in [-0.4, -0.2) is 24.1 Å². The van der Waals surface area contributed by atoms with Gasteiger partial charge in [-0.3, -0.25) is 4.90 Å². The Morgan fingerprint density at radius 2 is 1.69 bits per heavy atom. The molecule has 1 atom stereocenters. The number of nitrogens with two attached hydrogens (primary N) is 1. The van der Waals surface area contributed by atoms with E-state index in [-0.39, 0.29) is 0 Å². The number of hydrogen-bond acceptors (Lipinski definition) is 4. The summed E-state index contributed by atoms with van der Waals surface area (Å²) in [6.45, 7) is 4.97. The van der Waals surface area contributed by atoms with Gasteiger partial charge in [0.15, 0.2) is 5.75 Å². The average molecular weight is 450 g/mol. The number of anilines is 1. The molecule has 1 heterocycles. The Morgan fingerprint density at radius 3 is 2.34 bits per heavy atom. The van der Waals surface area contributed by atoms with Gasteiger partial charge in [0.05, 0.1) is 5.69 Å². The Bertz CT molecular complexity index is 1060. The molecule has 32 heavy (non-hydrogen) atoms. The van der Waals surface area contributed by atoms with Crippen LogP contribution in [0, 0.1) is 0 Å². The van der Waals surface area contributed by atoms with E-state index in [4.69, 9.17) is 22.1 Å². The van der Waals surface area contributed by atoms with E-state index >= 15 is 0 Å². The minimum Gasteiger partial charge on any atom is -0.408 e. The van der Waals surface area contributed by atoms with Crippen molar-refractivity contribution in [1.82, 2.24) is 10.2 Å². The van der Waals surface area contributed by atoms with Gasteiger partial charge >= 0.3 is 6.09 Å². The van der Waals surface area contributed by atoms with E-state index in [1.807, 2.05) is 30.3 Å². The van der Waals surface area contributed by atoms with Crippen molar-refractivity contribution in [3.63, 3.8) is 0 Å². The molecule has 0 bridgehead atoms. The number of nitrogens with one attached hydrogen (secondary N) is 1. The second kappa shape index (κ2) is 10.1. The maximum absolute atomic E-state index is 12.3. The fraction of sp³-hybridized carbons (Fsp3) is 0.269. The van der Waals surface area contributed by atoms with E-state index < -0.39 is 6.09 Å². The summed E-state index contributed by atoms with van der Waals surface area (Å²) < 4.78 is 5.40. The van der Waals surface area contributed by atoms with E-state index in [0.29, 0.717) is 29.0 Å². The highest BCUT2D eigenvalue weighted by atomic mass is 35.5. The molecule has 0 spiro atoms. The first-order valence-corrected chi connectivity index (χ1v) is 11.3. The summed E-state index contributed by atoms with van der Waals surface area (Å²) in [5.74, 6) is 0.329. The average Bonchev–Trinajstić information content (AvgIpc) is 3.34. The largest absolute Gasteiger partial charge is 0.412 e. The minimum atomic E-state index is -0.537. The number of hydrogen-bond donors (Lipinski definition) is 2. The minimum absolute atomic E-state index is 0.329. The van der Waals surface area contributed by atoms with Gasteiger partial charge in [0.25, 0.3) is 0 Å². The van der Waals surface area contributed by atoms with Crippen molar-refractivity contribution in [2.75, 3.05) is 18.8 Å². The van der Waals surface area contributed by atoms with Crippen molar-refractivity contribution >= 4 is 23.4 Å². The number of nitrogen functional groups attached to an aromatic ring is 1. The van der Waals surface area contributed by atoms with Gasteiger partial charge in [-0.1, -0.05) is 54.1 Å². The first-order valence-electron chi connectivity index (χ1n) is 10.9. The molecular formula is C26H28ClN3O2. The number of rotatable bonds is 6. The van der Waals surface area contributed by atoms with Gasteiger partial charge in [0, 0.05) is 17.6 Å². The standard InChI is InChI=1S/C26H28ClN3O2/c1-18(30-14-2-3-15-30)20-6-4-19(5-7-20)17-29-26(31)32-25-13-10-22(16-24(25)28)21-8-11-23(27)12-9-21/h4-13,16,18H,2-3,14-15,17,28H2,1H3,(H,29,31). The predicted molar refractivity (Wildman–Crippen MR) is 130 cm³/mol. The van der Waals surface area contributed by atoms with Crippen molar-refractivity contribution in [1.29, 1.82) is 0 Å².